The van der Waals surface area contributed by atoms with Gasteiger partial charge in [0.05, 0.1) is 18.2 Å². The van der Waals surface area contributed by atoms with Crippen LogP contribution in [0.15, 0.2) is 23.2 Å². The molecule has 0 spiro atoms. The third-order valence-corrected chi connectivity index (χ3v) is 4.08. The molecule has 1 fully saturated rings. The number of nitrogens with zero attached hydrogens (tertiary/aromatic N) is 3. The molecule has 0 aliphatic heterocycles. The van der Waals surface area contributed by atoms with E-state index in [4.69, 9.17) is 4.42 Å². The van der Waals surface area contributed by atoms with Gasteiger partial charge in [0.2, 0.25) is 0 Å². The van der Waals surface area contributed by atoms with Gasteiger partial charge in [0.1, 0.15) is 11.6 Å². The van der Waals surface area contributed by atoms with E-state index in [1.165, 1.54) is 6.39 Å². The van der Waals surface area contributed by atoms with Crippen LogP contribution >= 0.6 is 0 Å². The van der Waals surface area contributed by atoms with Gasteiger partial charge in [-0.2, -0.15) is 0 Å². The van der Waals surface area contributed by atoms with E-state index >= 15 is 0 Å². The standard InChI is InChI=1S/C14H18N4O3/c1-8-12(16-7-21-8)14(20)17-10-3-4-11(13(10)19)18-6-5-15-9(18)2/h5-7,10-11,13,19H,3-4H2,1-2H3,(H,17,20)/t10-,11-,13-/m1/s1. The Bertz CT molecular complexity index is 648. The Balaban J connectivity index is 1.70. The third-order valence-electron chi connectivity index (χ3n) is 4.08. The summed E-state index contributed by atoms with van der Waals surface area (Å²) in [6, 6.07) is -0.350. The minimum Gasteiger partial charge on any atom is -0.448 e. The third kappa shape index (κ3) is 2.44. The number of nitrogens with one attached hydrogen (secondary N) is 1. The second-order valence-electron chi connectivity index (χ2n) is 5.35. The van der Waals surface area contributed by atoms with Gasteiger partial charge in [0.15, 0.2) is 12.1 Å². The van der Waals surface area contributed by atoms with Crippen LogP contribution in [0.1, 0.15) is 41.0 Å². The normalized spacial score (nSPS) is 25.2. The highest BCUT2D eigenvalue weighted by Gasteiger charge is 2.37. The second-order valence-corrected chi connectivity index (χ2v) is 5.35. The Labute approximate surface area is 122 Å². The maximum atomic E-state index is 12.1. The van der Waals surface area contributed by atoms with Crippen molar-refractivity contribution >= 4 is 5.91 Å². The topological polar surface area (TPSA) is 93.2 Å². The van der Waals surface area contributed by atoms with Crippen molar-refractivity contribution in [2.75, 3.05) is 0 Å². The fourth-order valence-electron chi connectivity index (χ4n) is 2.92. The van der Waals surface area contributed by atoms with Crippen LogP contribution in [0.2, 0.25) is 0 Å². The molecule has 2 heterocycles. The molecule has 0 bridgehead atoms. The molecule has 0 aromatic carbocycles. The predicted molar refractivity (Wildman–Crippen MR) is 73.7 cm³/mol. The number of carbonyl (C=O) groups excluding carboxylic acids is 1. The SMILES string of the molecule is Cc1ocnc1C(=O)N[C@@H]1CC[C@@H](n2ccnc2C)[C@@H]1O. The molecule has 7 nitrogen and oxygen atoms in total. The summed E-state index contributed by atoms with van der Waals surface area (Å²) in [4.78, 5) is 20.2. The Morgan fingerprint density at radius 3 is 2.86 bits per heavy atom. The highest BCUT2D eigenvalue weighted by Crippen LogP contribution is 2.31. The van der Waals surface area contributed by atoms with E-state index in [1.807, 2.05) is 17.7 Å². The summed E-state index contributed by atoms with van der Waals surface area (Å²) < 4.78 is 6.98. The molecule has 1 aliphatic carbocycles. The van der Waals surface area contributed by atoms with Crippen LogP contribution in [-0.4, -0.2) is 37.7 Å². The minimum atomic E-state index is -0.644. The summed E-state index contributed by atoms with van der Waals surface area (Å²) in [5.74, 6) is 1.02. The zero-order valence-corrected chi connectivity index (χ0v) is 12.0. The van der Waals surface area contributed by atoms with Crippen molar-refractivity contribution in [2.24, 2.45) is 0 Å². The van der Waals surface area contributed by atoms with Crippen molar-refractivity contribution < 1.29 is 14.3 Å². The van der Waals surface area contributed by atoms with Crippen LogP contribution in [0.25, 0.3) is 0 Å². The average molecular weight is 290 g/mol. The average Bonchev–Trinajstić information content (AvgIpc) is 3.13. The van der Waals surface area contributed by atoms with Gasteiger partial charge in [0.25, 0.3) is 5.91 Å². The van der Waals surface area contributed by atoms with Gasteiger partial charge in [-0.05, 0) is 26.7 Å². The Hall–Kier alpha value is -2.15. The molecule has 7 heteroatoms. The van der Waals surface area contributed by atoms with Crippen molar-refractivity contribution in [3.63, 3.8) is 0 Å². The zero-order valence-electron chi connectivity index (χ0n) is 12.0. The van der Waals surface area contributed by atoms with Crippen LogP contribution in [0, 0.1) is 13.8 Å². The van der Waals surface area contributed by atoms with Crippen LogP contribution < -0.4 is 5.32 Å². The van der Waals surface area contributed by atoms with E-state index < -0.39 is 6.10 Å². The summed E-state index contributed by atoms with van der Waals surface area (Å²) in [5, 5.41) is 13.3. The number of aliphatic hydroxyl groups is 1. The summed E-state index contributed by atoms with van der Waals surface area (Å²) >= 11 is 0. The number of amides is 1. The molecule has 0 saturated heterocycles. The lowest BCUT2D eigenvalue weighted by Crippen LogP contribution is -2.42. The zero-order chi connectivity index (χ0) is 15.0. The van der Waals surface area contributed by atoms with Crippen LogP contribution in [0.4, 0.5) is 0 Å². The number of oxazole rings is 1. The molecular formula is C14H18N4O3. The number of aryl methyl sites for hydroxylation is 2. The highest BCUT2D eigenvalue weighted by atomic mass is 16.3. The van der Waals surface area contributed by atoms with E-state index in [0.717, 1.165) is 12.2 Å². The van der Waals surface area contributed by atoms with Crippen molar-refractivity contribution in [1.29, 1.82) is 0 Å². The Morgan fingerprint density at radius 1 is 1.43 bits per heavy atom. The van der Waals surface area contributed by atoms with Crippen LogP contribution in [0.5, 0.6) is 0 Å². The molecule has 1 saturated carbocycles. The van der Waals surface area contributed by atoms with E-state index in [9.17, 15) is 9.90 Å². The number of hydrogen-bond donors (Lipinski definition) is 2. The molecule has 2 aromatic heterocycles. The first-order valence-electron chi connectivity index (χ1n) is 6.96. The molecule has 0 radical (unpaired) electrons. The van der Waals surface area contributed by atoms with Crippen molar-refractivity contribution in [3.05, 3.63) is 36.1 Å². The molecule has 112 valence electrons. The van der Waals surface area contributed by atoms with Gasteiger partial charge in [0, 0.05) is 12.4 Å². The molecule has 0 unspecified atom stereocenters. The lowest BCUT2D eigenvalue weighted by Gasteiger charge is -2.22. The summed E-state index contributed by atoms with van der Waals surface area (Å²) in [6.45, 7) is 3.59. The Kier molecular flexibility index (Phi) is 3.50. The van der Waals surface area contributed by atoms with Gasteiger partial charge < -0.3 is 19.4 Å². The largest absolute Gasteiger partial charge is 0.448 e. The Morgan fingerprint density at radius 2 is 2.24 bits per heavy atom. The van der Waals surface area contributed by atoms with Crippen LogP contribution in [-0.2, 0) is 0 Å². The molecule has 2 aromatic rings. The van der Waals surface area contributed by atoms with Crippen molar-refractivity contribution in [1.82, 2.24) is 19.9 Å². The molecule has 21 heavy (non-hydrogen) atoms. The fourth-order valence-corrected chi connectivity index (χ4v) is 2.92. The van der Waals surface area contributed by atoms with Crippen molar-refractivity contribution in [2.45, 2.75) is 44.9 Å². The first-order chi connectivity index (χ1) is 10.1. The van der Waals surface area contributed by atoms with Gasteiger partial charge >= 0.3 is 0 Å². The molecule has 2 N–H and O–H groups in total. The number of imidazole rings is 1. The smallest absolute Gasteiger partial charge is 0.273 e. The van der Waals surface area contributed by atoms with Gasteiger partial charge in [-0.25, -0.2) is 9.97 Å². The van der Waals surface area contributed by atoms with E-state index in [1.54, 1.807) is 13.1 Å². The maximum absolute atomic E-state index is 12.1. The molecule has 3 atom stereocenters. The number of rotatable bonds is 3. The molecule has 3 rings (SSSR count). The molecule has 1 aliphatic rings. The fraction of sp³-hybridized carbons (Fsp3) is 0.500. The van der Waals surface area contributed by atoms with E-state index in [-0.39, 0.29) is 23.7 Å². The number of carbonyl (C=O) groups is 1. The quantitative estimate of drug-likeness (QED) is 0.879. The first-order valence-corrected chi connectivity index (χ1v) is 6.96. The predicted octanol–water partition coefficient (Wildman–Crippen LogP) is 0.982. The maximum Gasteiger partial charge on any atom is 0.273 e. The van der Waals surface area contributed by atoms with Gasteiger partial charge in [-0.15, -0.1) is 0 Å². The summed E-state index contributed by atoms with van der Waals surface area (Å²) in [6.07, 6.45) is 5.68. The van der Waals surface area contributed by atoms with Gasteiger partial charge in [-0.3, -0.25) is 4.79 Å². The number of aromatic nitrogens is 3. The minimum absolute atomic E-state index is 0.0591. The highest BCUT2D eigenvalue weighted by molar-refractivity contribution is 5.93. The van der Waals surface area contributed by atoms with Crippen molar-refractivity contribution in [3.8, 4) is 0 Å². The number of hydrogen-bond acceptors (Lipinski definition) is 5. The monoisotopic (exact) mass is 290 g/mol. The van der Waals surface area contributed by atoms with E-state index in [2.05, 4.69) is 15.3 Å². The second kappa shape index (κ2) is 5.33. The van der Waals surface area contributed by atoms with Crippen LogP contribution in [0.3, 0.4) is 0 Å². The molecule has 1 amide bonds. The van der Waals surface area contributed by atoms with E-state index in [0.29, 0.717) is 12.2 Å². The molecular weight excluding hydrogens is 272 g/mol. The lowest BCUT2D eigenvalue weighted by atomic mass is 10.1. The number of aliphatic hydroxyl groups excluding tert-OH is 1. The first kappa shape index (κ1) is 13.8. The summed E-state index contributed by atoms with van der Waals surface area (Å²) in [5.41, 5.74) is 0.268. The summed E-state index contributed by atoms with van der Waals surface area (Å²) in [7, 11) is 0. The lowest BCUT2D eigenvalue weighted by molar-refractivity contribution is 0.0807. The van der Waals surface area contributed by atoms with Gasteiger partial charge in [-0.1, -0.05) is 0 Å².